The van der Waals surface area contributed by atoms with Gasteiger partial charge in [0.05, 0.1) is 0 Å². The predicted molar refractivity (Wildman–Crippen MR) is 55.8 cm³/mol. The third kappa shape index (κ3) is 2.58. The molecule has 1 rings (SSSR count). The molecule has 0 aliphatic rings. The molecule has 1 aromatic rings. The van der Waals surface area contributed by atoms with E-state index < -0.39 is 0 Å². The number of hydrogen-bond donors (Lipinski definition) is 0. The zero-order chi connectivity index (χ0) is 9.68. The van der Waals surface area contributed by atoms with Crippen molar-refractivity contribution in [2.75, 3.05) is 0 Å². The third-order valence-corrected chi connectivity index (χ3v) is 2.62. The molecule has 1 aromatic heterocycles. The minimum atomic E-state index is 0.653. The molecule has 0 aromatic carbocycles. The van der Waals surface area contributed by atoms with Crippen LogP contribution >= 0.6 is 0 Å². The molecule has 2 nitrogen and oxygen atoms in total. The van der Waals surface area contributed by atoms with Gasteiger partial charge in [0.25, 0.3) is 0 Å². The van der Waals surface area contributed by atoms with Crippen molar-refractivity contribution in [2.24, 2.45) is 7.05 Å². The molecule has 13 heavy (non-hydrogen) atoms. The number of aromatic nitrogens is 2. The summed E-state index contributed by atoms with van der Waals surface area (Å²) in [6, 6.07) is 0. The van der Waals surface area contributed by atoms with Crippen LogP contribution in [0.1, 0.15) is 51.3 Å². The highest BCUT2D eigenvalue weighted by Gasteiger charge is 2.12. The maximum Gasteiger partial charge on any atom is 0.111 e. The van der Waals surface area contributed by atoms with Crippen molar-refractivity contribution >= 4 is 0 Å². The van der Waals surface area contributed by atoms with E-state index in [1.54, 1.807) is 0 Å². The van der Waals surface area contributed by atoms with Crippen LogP contribution in [-0.4, -0.2) is 9.55 Å². The molecule has 0 amide bonds. The van der Waals surface area contributed by atoms with Gasteiger partial charge in [0.2, 0.25) is 0 Å². The highest BCUT2D eigenvalue weighted by Crippen LogP contribution is 2.23. The Morgan fingerprint density at radius 1 is 1.46 bits per heavy atom. The molecule has 0 aliphatic heterocycles. The van der Waals surface area contributed by atoms with Crippen LogP contribution in [0.15, 0.2) is 12.4 Å². The summed E-state index contributed by atoms with van der Waals surface area (Å²) in [5.41, 5.74) is 0. The fraction of sp³-hybridized carbons (Fsp3) is 0.727. The monoisotopic (exact) mass is 180 g/mol. The van der Waals surface area contributed by atoms with E-state index in [9.17, 15) is 0 Å². The van der Waals surface area contributed by atoms with Crippen molar-refractivity contribution in [3.63, 3.8) is 0 Å². The van der Waals surface area contributed by atoms with Gasteiger partial charge in [-0.05, 0) is 12.8 Å². The van der Waals surface area contributed by atoms with E-state index in [0.29, 0.717) is 5.92 Å². The van der Waals surface area contributed by atoms with Gasteiger partial charge in [-0.1, -0.05) is 26.7 Å². The fourth-order valence-corrected chi connectivity index (χ4v) is 1.74. The molecule has 1 heterocycles. The van der Waals surface area contributed by atoms with Crippen LogP contribution < -0.4 is 0 Å². The first-order chi connectivity index (χ1) is 6.29. The summed E-state index contributed by atoms with van der Waals surface area (Å²) in [5.74, 6) is 1.90. The quantitative estimate of drug-likeness (QED) is 0.680. The van der Waals surface area contributed by atoms with Crippen LogP contribution in [0.25, 0.3) is 0 Å². The molecule has 0 saturated carbocycles. The average Bonchev–Trinajstić information content (AvgIpc) is 2.54. The zero-order valence-corrected chi connectivity index (χ0v) is 8.95. The van der Waals surface area contributed by atoms with Gasteiger partial charge in [-0.3, -0.25) is 0 Å². The maximum absolute atomic E-state index is 4.40. The first kappa shape index (κ1) is 10.3. The molecule has 0 spiro atoms. The van der Waals surface area contributed by atoms with Crippen LogP contribution in [0.2, 0.25) is 0 Å². The molecular weight excluding hydrogens is 160 g/mol. The van der Waals surface area contributed by atoms with Crippen molar-refractivity contribution in [1.29, 1.82) is 0 Å². The molecule has 0 saturated heterocycles. The number of imidazole rings is 1. The van der Waals surface area contributed by atoms with Crippen LogP contribution in [0.3, 0.4) is 0 Å². The summed E-state index contributed by atoms with van der Waals surface area (Å²) >= 11 is 0. The van der Waals surface area contributed by atoms with Gasteiger partial charge in [-0.25, -0.2) is 4.98 Å². The van der Waals surface area contributed by atoms with E-state index in [1.807, 2.05) is 12.4 Å². The van der Waals surface area contributed by atoms with Crippen molar-refractivity contribution < 1.29 is 0 Å². The Labute approximate surface area is 81.0 Å². The Balaban J connectivity index is 2.61. The first-order valence-corrected chi connectivity index (χ1v) is 5.26. The largest absolute Gasteiger partial charge is 0.338 e. The topological polar surface area (TPSA) is 17.8 Å². The van der Waals surface area contributed by atoms with Gasteiger partial charge >= 0.3 is 0 Å². The molecule has 0 bridgehead atoms. The SMILES string of the molecule is CCCCC(CC)c1nccn1C. The van der Waals surface area contributed by atoms with Crippen molar-refractivity contribution in [3.05, 3.63) is 18.2 Å². The summed E-state index contributed by atoms with van der Waals surface area (Å²) in [6.07, 6.45) is 8.99. The van der Waals surface area contributed by atoms with Crippen LogP contribution in [0, 0.1) is 0 Å². The molecule has 0 N–H and O–H groups in total. The zero-order valence-electron chi connectivity index (χ0n) is 8.95. The molecule has 74 valence electrons. The second kappa shape index (κ2) is 5.05. The van der Waals surface area contributed by atoms with Gasteiger partial charge in [0, 0.05) is 25.4 Å². The molecular formula is C11H20N2. The number of aryl methyl sites for hydroxylation is 1. The van der Waals surface area contributed by atoms with Gasteiger partial charge in [-0.15, -0.1) is 0 Å². The highest BCUT2D eigenvalue weighted by molar-refractivity contribution is 4.99. The molecule has 0 radical (unpaired) electrons. The summed E-state index contributed by atoms with van der Waals surface area (Å²) in [4.78, 5) is 4.40. The van der Waals surface area contributed by atoms with Gasteiger partial charge in [-0.2, -0.15) is 0 Å². The summed E-state index contributed by atoms with van der Waals surface area (Å²) in [5, 5.41) is 0. The lowest BCUT2D eigenvalue weighted by Crippen LogP contribution is -2.05. The number of rotatable bonds is 5. The van der Waals surface area contributed by atoms with Gasteiger partial charge in [0.15, 0.2) is 0 Å². The number of nitrogens with zero attached hydrogens (tertiary/aromatic N) is 2. The van der Waals surface area contributed by atoms with Crippen molar-refractivity contribution in [1.82, 2.24) is 9.55 Å². The van der Waals surface area contributed by atoms with E-state index in [2.05, 4.69) is 30.4 Å². The Hall–Kier alpha value is -0.790. The average molecular weight is 180 g/mol. The van der Waals surface area contributed by atoms with Crippen LogP contribution in [0.5, 0.6) is 0 Å². The van der Waals surface area contributed by atoms with Crippen molar-refractivity contribution in [2.45, 2.75) is 45.4 Å². The number of hydrogen-bond acceptors (Lipinski definition) is 1. The lowest BCUT2D eigenvalue weighted by Gasteiger charge is -2.13. The molecule has 1 atom stereocenters. The Kier molecular flexibility index (Phi) is 4.00. The molecule has 2 heteroatoms. The highest BCUT2D eigenvalue weighted by atomic mass is 15.0. The predicted octanol–water partition coefficient (Wildman–Crippen LogP) is 3.10. The van der Waals surface area contributed by atoms with Crippen LogP contribution in [-0.2, 0) is 7.05 Å². The third-order valence-electron chi connectivity index (χ3n) is 2.62. The fourth-order valence-electron chi connectivity index (χ4n) is 1.74. The lowest BCUT2D eigenvalue weighted by molar-refractivity contribution is 0.528. The first-order valence-electron chi connectivity index (χ1n) is 5.26. The smallest absolute Gasteiger partial charge is 0.111 e. The van der Waals surface area contributed by atoms with E-state index in [1.165, 1.54) is 31.5 Å². The van der Waals surface area contributed by atoms with Crippen LogP contribution in [0.4, 0.5) is 0 Å². The van der Waals surface area contributed by atoms with E-state index >= 15 is 0 Å². The minimum absolute atomic E-state index is 0.653. The molecule has 0 aliphatic carbocycles. The lowest BCUT2D eigenvalue weighted by atomic mass is 9.98. The second-order valence-corrected chi connectivity index (χ2v) is 3.64. The summed E-state index contributed by atoms with van der Waals surface area (Å²) < 4.78 is 2.14. The normalized spacial score (nSPS) is 13.2. The number of unbranched alkanes of at least 4 members (excludes halogenated alkanes) is 1. The summed E-state index contributed by atoms with van der Waals surface area (Å²) in [7, 11) is 2.08. The molecule has 0 fully saturated rings. The van der Waals surface area contributed by atoms with E-state index in [-0.39, 0.29) is 0 Å². The van der Waals surface area contributed by atoms with Gasteiger partial charge < -0.3 is 4.57 Å². The standard InChI is InChI=1S/C11H20N2/c1-4-6-7-10(5-2)11-12-8-9-13(11)3/h8-10H,4-7H2,1-3H3. The Morgan fingerprint density at radius 3 is 2.69 bits per heavy atom. The van der Waals surface area contributed by atoms with Crippen molar-refractivity contribution in [3.8, 4) is 0 Å². The minimum Gasteiger partial charge on any atom is -0.338 e. The van der Waals surface area contributed by atoms with E-state index in [4.69, 9.17) is 0 Å². The Bertz CT molecular complexity index is 240. The maximum atomic E-state index is 4.40. The second-order valence-electron chi connectivity index (χ2n) is 3.64. The summed E-state index contributed by atoms with van der Waals surface area (Å²) in [6.45, 7) is 4.49. The molecule has 1 unspecified atom stereocenters. The Morgan fingerprint density at radius 2 is 2.23 bits per heavy atom. The van der Waals surface area contributed by atoms with Gasteiger partial charge in [0.1, 0.15) is 5.82 Å². The van der Waals surface area contributed by atoms with E-state index in [0.717, 1.165) is 0 Å².